The van der Waals surface area contributed by atoms with Gasteiger partial charge in [0.2, 0.25) is 5.82 Å². The Labute approximate surface area is 243 Å². The fourth-order valence-electron chi connectivity index (χ4n) is 4.25. The van der Waals surface area contributed by atoms with Crippen molar-refractivity contribution in [3.05, 3.63) is 81.1 Å². The Morgan fingerprint density at radius 1 is 1.07 bits per heavy atom. The molecule has 0 aliphatic heterocycles. The maximum atomic E-state index is 13.6. The molecule has 2 heterocycles. The molecule has 0 N–H and O–H groups in total. The van der Waals surface area contributed by atoms with Crippen LogP contribution in [0.15, 0.2) is 79.4 Å². The van der Waals surface area contributed by atoms with E-state index in [2.05, 4.69) is 21.0 Å². The van der Waals surface area contributed by atoms with E-state index in [0.717, 1.165) is 5.39 Å². The number of methoxy groups -OCH3 is 2. The van der Waals surface area contributed by atoms with Crippen LogP contribution in [0.2, 0.25) is 0 Å². The molecule has 1 atom stereocenters. The number of rotatable bonds is 9. The molecule has 10 nitrogen and oxygen atoms in total. The van der Waals surface area contributed by atoms with Gasteiger partial charge in [0, 0.05) is 0 Å². The average molecular weight is 620 g/mol. The van der Waals surface area contributed by atoms with Crippen molar-refractivity contribution in [3.63, 3.8) is 0 Å². The molecule has 0 aliphatic rings. The predicted octanol–water partition coefficient (Wildman–Crippen LogP) is 5.80. The highest BCUT2D eigenvalue weighted by atomic mass is 79.9. The summed E-state index contributed by atoms with van der Waals surface area (Å²) in [5.74, 6) is 1.38. The summed E-state index contributed by atoms with van der Waals surface area (Å²) in [5, 5.41) is 5.65. The number of para-hydroxylation sites is 1. The molecule has 210 valence electrons. The Balaban J connectivity index is 1.59. The van der Waals surface area contributed by atoms with Gasteiger partial charge in [0.25, 0.3) is 5.56 Å². The maximum Gasteiger partial charge on any atom is 0.347 e. The predicted molar refractivity (Wildman–Crippen MR) is 158 cm³/mol. The van der Waals surface area contributed by atoms with E-state index in [9.17, 15) is 9.59 Å². The minimum atomic E-state index is -0.855. The summed E-state index contributed by atoms with van der Waals surface area (Å²) in [7, 11) is 3.06. The monoisotopic (exact) mass is 619 g/mol. The van der Waals surface area contributed by atoms with Crippen LogP contribution >= 0.6 is 15.9 Å². The maximum absolute atomic E-state index is 13.6. The Morgan fingerprint density at radius 3 is 2.61 bits per heavy atom. The molecule has 2 aromatic heterocycles. The van der Waals surface area contributed by atoms with Crippen molar-refractivity contribution in [2.24, 2.45) is 5.10 Å². The smallest absolute Gasteiger partial charge is 0.347 e. The first-order valence-corrected chi connectivity index (χ1v) is 13.5. The number of furan rings is 1. The van der Waals surface area contributed by atoms with Crippen molar-refractivity contribution >= 4 is 50.0 Å². The number of carbonyl (C=O) groups is 1. The molecular formula is C30H26BrN3O7. The standard InChI is InChI=1S/C30H26BrN3O7/c1-5-39-30(36)17(2)40-27-21(31)13-18(14-25(27)38-4)16-32-34-28(33-22-10-7-6-9-19(22)29(34)35)26-15-20-23(37-3)11-8-12-24(20)41-26/h6-17H,5H2,1-4H3/t17-/m0/s1. The Bertz CT molecular complexity index is 1840. The molecule has 3 aromatic carbocycles. The third kappa shape index (κ3) is 5.53. The zero-order valence-electron chi connectivity index (χ0n) is 22.7. The van der Waals surface area contributed by atoms with Crippen LogP contribution in [0.25, 0.3) is 33.5 Å². The molecule has 0 saturated carbocycles. The molecule has 0 spiro atoms. The van der Waals surface area contributed by atoms with E-state index >= 15 is 0 Å². The van der Waals surface area contributed by atoms with Crippen molar-refractivity contribution in [2.45, 2.75) is 20.0 Å². The van der Waals surface area contributed by atoms with Crippen LogP contribution in [-0.4, -0.2) is 48.8 Å². The SMILES string of the molecule is CCOC(=O)[C@H](C)Oc1c(Br)cc(C=Nn2c(-c3cc4c(OC)cccc4o3)nc3ccccc3c2=O)cc1OC. The summed E-state index contributed by atoms with van der Waals surface area (Å²) in [5.41, 5.74) is 1.30. The zero-order chi connectivity index (χ0) is 29.1. The summed E-state index contributed by atoms with van der Waals surface area (Å²) in [4.78, 5) is 30.4. The summed E-state index contributed by atoms with van der Waals surface area (Å²) >= 11 is 3.49. The largest absolute Gasteiger partial charge is 0.496 e. The van der Waals surface area contributed by atoms with Crippen molar-refractivity contribution in [1.82, 2.24) is 9.66 Å². The average Bonchev–Trinajstić information content (AvgIpc) is 3.42. The molecule has 0 bridgehead atoms. The van der Waals surface area contributed by atoms with Gasteiger partial charge in [0.1, 0.15) is 11.3 Å². The first-order valence-electron chi connectivity index (χ1n) is 12.7. The van der Waals surface area contributed by atoms with Gasteiger partial charge < -0.3 is 23.4 Å². The number of halogens is 1. The van der Waals surface area contributed by atoms with E-state index in [1.54, 1.807) is 57.4 Å². The van der Waals surface area contributed by atoms with Crippen LogP contribution in [0, 0.1) is 0 Å². The van der Waals surface area contributed by atoms with Gasteiger partial charge in [-0.25, -0.2) is 9.78 Å². The van der Waals surface area contributed by atoms with Gasteiger partial charge in [-0.1, -0.05) is 18.2 Å². The lowest BCUT2D eigenvalue weighted by Gasteiger charge is -2.17. The highest BCUT2D eigenvalue weighted by molar-refractivity contribution is 9.10. The lowest BCUT2D eigenvalue weighted by Crippen LogP contribution is -2.26. The number of nitrogens with zero attached hydrogens (tertiary/aromatic N) is 3. The lowest BCUT2D eigenvalue weighted by molar-refractivity contribution is -0.150. The summed E-state index contributed by atoms with van der Waals surface area (Å²) in [6, 6.07) is 17.7. The Hall–Kier alpha value is -4.64. The van der Waals surface area contributed by atoms with Crippen LogP contribution in [-0.2, 0) is 9.53 Å². The molecule has 5 rings (SSSR count). The van der Waals surface area contributed by atoms with Gasteiger partial charge in [-0.2, -0.15) is 9.78 Å². The quantitative estimate of drug-likeness (QED) is 0.150. The summed E-state index contributed by atoms with van der Waals surface area (Å²) in [6.07, 6.45) is 0.642. The van der Waals surface area contributed by atoms with E-state index in [1.165, 1.54) is 18.0 Å². The van der Waals surface area contributed by atoms with Crippen LogP contribution in [0.3, 0.4) is 0 Å². The van der Waals surface area contributed by atoms with Gasteiger partial charge in [-0.05, 0) is 77.8 Å². The molecule has 0 saturated heterocycles. The zero-order valence-corrected chi connectivity index (χ0v) is 24.3. The third-order valence-electron chi connectivity index (χ3n) is 6.20. The van der Waals surface area contributed by atoms with Crippen molar-refractivity contribution in [1.29, 1.82) is 0 Å². The fraction of sp³-hybridized carbons (Fsp3) is 0.200. The minimum Gasteiger partial charge on any atom is -0.496 e. The second kappa shape index (κ2) is 11.8. The normalized spacial score (nSPS) is 12.1. The summed E-state index contributed by atoms with van der Waals surface area (Å²) in [6.45, 7) is 3.56. The first-order chi connectivity index (χ1) is 19.8. The number of hydrogen-bond acceptors (Lipinski definition) is 9. The molecule has 0 radical (unpaired) electrons. The van der Waals surface area contributed by atoms with E-state index in [0.29, 0.717) is 49.5 Å². The number of hydrogen-bond donors (Lipinski definition) is 0. The van der Waals surface area contributed by atoms with E-state index < -0.39 is 12.1 Å². The topological polar surface area (TPSA) is 114 Å². The molecule has 5 aromatic rings. The number of benzene rings is 3. The molecule has 41 heavy (non-hydrogen) atoms. The second-order valence-electron chi connectivity index (χ2n) is 8.84. The molecular weight excluding hydrogens is 594 g/mol. The number of aromatic nitrogens is 2. The molecule has 0 amide bonds. The van der Waals surface area contributed by atoms with Gasteiger partial charge in [-0.3, -0.25) is 4.79 Å². The molecule has 0 fully saturated rings. The van der Waals surface area contributed by atoms with E-state index in [4.69, 9.17) is 28.3 Å². The van der Waals surface area contributed by atoms with Crippen LogP contribution in [0.1, 0.15) is 19.4 Å². The van der Waals surface area contributed by atoms with Crippen molar-refractivity contribution in [2.75, 3.05) is 20.8 Å². The van der Waals surface area contributed by atoms with Gasteiger partial charge in [0.05, 0.1) is 47.8 Å². The molecule has 0 unspecified atom stereocenters. The third-order valence-corrected chi connectivity index (χ3v) is 6.79. The van der Waals surface area contributed by atoms with Crippen LogP contribution in [0.4, 0.5) is 0 Å². The second-order valence-corrected chi connectivity index (χ2v) is 9.70. The lowest BCUT2D eigenvalue weighted by atomic mass is 10.2. The van der Waals surface area contributed by atoms with Crippen LogP contribution in [0.5, 0.6) is 17.2 Å². The van der Waals surface area contributed by atoms with Crippen molar-refractivity contribution in [3.8, 4) is 28.8 Å². The Kier molecular flexibility index (Phi) is 8.06. The number of ether oxygens (including phenoxy) is 4. The van der Waals surface area contributed by atoms with Gasteiger partial charge in [0.15, 0.2) is 23.4 Å². The Morgan fingerprint density at radius 2 is 1.85 bits per heavy atom. The van der Waals surface area contributed by atoms with E-state index in [-0.39, 0.29) is 18.0 Å². The first kappa shape index (κ1) is 27.9. The van der Waals surface area contributed by atoms with Gasteiger partial charge >= 0.3 is 5.97 Å². The molecule has 11 heteroatoms. The molecule has 0 aliphatic carbocycles. The van der Waals surface area contributed by atoms with Gasteiger partial charge in [-0.15, -0.1) is 0 Å². The fourth-order valence-corrected chi connectivity index (χ4v) is 4.80. The number of esters is 1. The number of fused-ring (bicyclic) bond motifs is 2. The minimum absolute atomic E-state index is 0.220. The highest BCUT2D eigenvalue weighted by Gasteiger charge is 2.21. The van der Waals surface area contributed by atoms with Crippen LogP contribution < -0.4 is 19.8 Å². The summed E-state index contributed by atoms with van der Waals surface area (Å²) < 4.78 is 29.6. The number of carbonyl (C=O) groups excluding carboxylic acids is 1. The van der Waals surface area contributed by atoms with E-state index in [1.807, 2.05) is 24.3 Å². The van der Waals surface area contributed by atoms with Crippen molar-refractivity contribution < 1.29 is 28.2 Å². The highest BCUT2D eigenvalue weighted by Crippen LogP contribution is 2.37.